The van der Waals surface area contributed by atoms with Gasteiger partial charge in [-0.1, -0.05) is 41.9 Å². The summed E-state index contributed by atoms with van der Waals surface area (Å²) in [4.78, 5) is 11.8. The standard InChI is InChI=1S/C16H15ClFNO2/c17-14-7-6-12(9-15(14)18)16(21)19-10-13(20)8-11-4-2-1-3-5-11/h1-7,9,13,20H,8,10H2,(H,19,21). The van der Waals surface area contributed by atoms with Gasteiger partial charge in [0.2, 0.25) is 0 Å². The molecule has 0 aromatic heterocycles. The van der Waals surface area contributed by atoms with Gasteiger partial charge in [0.1, 0.15) is 5.82 Å². The summed E-state index contributed by atoms with van der Waals surface area (Å²) in [7, 11) is 0. The molecule has 5 heteroatoms. The van der Waals surface area contributed by atoms with E-state index in [1.807, 2.05) is 30.3 Å². The van der Waals surface area contributed by atoms with E-state index in [0.717, 1.165) is 11.6 Å². The van der Waals surface area contributed by atoms with Gasteiger partial charge in [-0.05, 0) is 23.8 Å². The number of carbonyl (C=O) groups excluding carboxylic acids is 1. The number of halogens is 2. The Labute approximate surface area is 127 Å². The van der Waals surface area contributed by atoms with Crippen molar-refractivity contribution >= 4 is 17.5 Å². The lowest BCUT2D eigenvalue weighted by atomic mass is 10.1. The smallest absolute Gasteiger partial charge is 0.251 e. The Bertz CT molecular complexity index is 619. The Morgan fingerprint density at radius 2 is 1.95 bits per heavy atom. The Morgan fingerprint density at radius 1 is 1.24 bits per heavy atom. The number of rotatable bonds is 5. The number of benzene rings is 2. The molecule has 0 bridgehead atoms. The van der Waals surface area contributed by atoms with E-state index in [1.165, 1.54) is 12.1 Å². The number of aliphatic hydroxyl groups excluding tert-OH is 1. The minimum atomic E-state index is -0.700. The van der Waals surface area contributed by atoms with Crippen LogP contribution in [0.2, 0.25) is 5.02 Å². The van der Waals surface area contributed by atoms with Gasteiger partial charge in [0.25, 0.3) is 5.91 Å². The number of amides is 1. The second-order valence-corrected chi connectivity index (χ2v) is 5.09. The van der Waals surface area contributed by atoms with Crippen molar-refractivity contribution in [1.29, 1.82) is 0 Å². The van der Waals surface area contributed by atoms with Crippen LogP contribution in [0.25, 0.3) is 0 Å². The maximum absolute atomic E-state index is 13.3. The highest BCUT2D eigenvalue weighted by molar-refractivity contribution is 6.30. The predicted octanol–water partition coefficient (Wildman–Crippen LogP) is 2.81. The number of aliphatic hydroxyl groups is 1. The van der Waals surface area contributed by atoms with E-state index in [0.29, 0.717) is 6.42 Å². The molecule has 0 spiro atoms. The van der Waals surface area contributed by atoms with Gasteiger partial charge < -0.3 is 10.4 Å². The highest BCUT2D eigenvalue weighted by Crippen LogP contribution is 2.15. The van der Waals surface area contributed by atoms with Gasteiger partial charge in [0.05, 0.1) is 11.1 Å². The Kier molecular flexibility index (Phi) is 5.31. The summed E-state index contributed by atoms with van der Waals surface area (Å²) >= 11 is 5.56. The minimum Gasteiger partial charge on any atom is -0.391 e. The molecule has 2 N–H and O–H groups in total. The summed E-state index contributed by atoms with van der Waals surface area (Å²) in [5.74, 6) is -1.09. The van der Waals surface area contributed by atoms with Crippen molar-refractivity contribution < 1.29 is 14.3 Å². The summed E-state index contributed by atoms with van der Waals surface area (Å²) in [5, 5.41) is 12.4. The summed E-state index contributed by atoms with van der Waals surface area (Å²) in [6.45, 7) is 0.0952. The molecule has 2 aromatic rings. The molecule has 0 saturated carbocycles. The normalized spacial score (nSPS) is 12.0. The molecule has 3 nitrogen and oxygen atoms in total. The first-order chi connectivity index (χ1) is 10.1. The molecule has 110 valence electrons. The van der Waals surface area contributed by atoms with E-state index in [4.69, 9.17) is 11.6 Å². The highest BCUT2D eigenvalue weighted by Gasteiger charge is 2.11. The van der Waals surface area contributed by atoms with Crippen molar-refractivity contribution in [3.05, 3.63) is 70.5 Å². The fourth-order valence-corrected chi connectivity index (χ4v) is 2.03. The molecule has 0 aliphatic rings. The summed E-state index contributed by atoms with van der Waals surface area (Å²) < 4.78 is 13.3. The van der Waals surface area contributed by atoms with Gasteiger partial charge in [0, 0.05) is 18.5 Å². The number of hydrogen-bond acceptors (Lipinski definition) is 2. The van der Waals surface area contributed by atoms with Crippen LogP contribution in [0.15, 0.2) is 48.5 Å². The van der Waals surface area contributed by atoms with Crippen molar-refractivity contribution in [2.45, 2.75) is 12.5 Å². The third kappa shape index (κ3) is 4.55. The van der Waals surface area contributed by atoms with Crippen LogP contribution in [0.1, 0.15) is 15.9 Å². The second-order valence-electron chi connectivity index (χ2n) is 4.68. The van der Waals surface area contributed by atoms with Gasteiger partial charge in [-0.15, -0.1) is 0 Å². The fraction of sp³-hybridized carbons (Fsp3) is 0.188. The molecule has 0 aliphatic heterocycles. The number of hydrogen-bond donors (Lipinski definition) is 2. The molecule has 0 saturated heterocycles. The predicted molar refractivity (Wildman–Crippen MR) is 79.9 cm³/mol. The molecule has 1 unspecified atom stereocenters. The number of carbonyl (C=O) groups is 1. The topological polar surface area (TPSA) is 49.3 Å². The molecule has 0 fully saturated rings. The minimum absolute atomic E-state index is 0.0318. The first kappa shape index (κ1) is 15.5. The zero-order chi connectivity index (χ0) is 15.2. The first-order valence-corrected chi connectivity index (χ1v) is 6.89. The van der Waals surface area contributed by atoms with Gasteiger partial charge in [-0.25, -0.2) is 4.39 Å². The van der Waals surface area contributed by atoms with Gasteiger partial charge in [0.15, 0.2) is 0 Å². The van der Waals surface area contributed by atoms with E-state index in [-0.39, 0.29) is 17.1 Å². The largest absolute Gasteiger partial charge is 0.391 e. The van der Waals surface area contributed by atoms with Crippen LogP contribution < -0.4 is 5.32 Å². The maximum atomic E-state index is 13.3. The molecule has 0 heterocycles. The molecule has 0 aliphatic carbocycles. The maximum Gasteiger partial charge on any atom is 0.251 e. The molecule has 2 rings (SSSR count). The highest BCUT2D eigenvalue weighted by atomic mass is 35.5. The monoisotopic (exact) mass is 307 g/mol. The second kappa shape index (κ2) is 7.20. The van der Waals surface area contributed by atoms with E-state index in [2.05, 4.69) is 5.32 Å². The lowest BCUT2D eigenvalue weighted by Gasteiger charge is -2.12. The van der Waals surface area contributed by atoms with Crippen LogP contribution in [0, 0.1) is 5.82 Å². The van der Waals surface area contributed by atoms with Crippen molar-refractivity contribution in [3.8, 4) is 0 Å². The molecule has 1 amide bonds. The molecule has 1 atom stereocenters. The van der Waals surface area contributed by atoms with Crippen LogP contribution in [0.3, 0.4) is 0 Å². The quantitative estimate of drug-likeness (QED) is 0.892. The first-order valence-electron chi connectivity index (χ1n) is 6.51. The zero-order valence-electron chi connectivity index (χ0n) is 11.2. The Hall–Kier alpha value is -1.91. The van der Waals surface area contributed by atoms with Crippen LogP contribution >= 0.6 is 11.6 Å². The summed E-state index contributed by atoms with van der Waals surface area (Å²) in [6.07, 6.45) is -0.260. The van der Waals surface area contributed by atoms with E-state index in [9.17, 15) is 14.3 Å². The average molecular weight is 308 g/mol. The van der Waals surface area contributed by atoms with Crippen molar-refractivity contribution in [3.63, 3.8) is 0 Å². The molecule has 21 heavy (non-hydrogen) atoms. The van der Waals surface area contributed by atoms with Crippen LogP contribution in [0.5, 0.6) is 0 Å². The lowest BCUT2D eigenvalue weighted by molar-refractivity contribution is 0.0915. The lowest BCUT2D eigenvalue weighted by Crippen LogP contribution is -2.33. The Morgan fingerprint density at radius 3 is 2.62 bits per heavy atom. The van der Waals surface area contributed by atoms with Gasteiger partial charge in [-0.2, -0.15) is 0 Å². The molecule has 2 aromatic carbocycles. The van der Waals surface area contributed by atoms with E-state index in [1.54, 1.807) is 0 Å². The van der Waals surface area contributed by atoms with Crippen LogP contribution in [-0.2, 0) is 6.42 Å². The third-order valence-corrected chi connectivity index (χ3v) is 3.30. The van der Waals surface area contributed by atoms with Gasteiger partial charge >= 0.3 is 0 Å². The number of nitrogens with one attached hydrogen (secondary N) is 1. The summed E-state index contributed by atoms with van der Waals surface area (Å²) in [5.41, 5.74) is 1.15. The van der Waals surface area contributed by atoms with E-state index < -0.39 is 17.8 Å². The zero-order valence-corrected chi connectivity index (χ0v) is 12.0. The fourth-order valence-electron chi connectivity index (χ4n) is 1.91. The van der Waals surface area contributed by atoms with E-state index >= 15 is 0 Å². The molecular formula is C16H15ClFNO2. The third-order valence-electron chi connectivity index (χ3n) is 2.99. The van der Waals surface area contributed by atoms with Crippen LogP contribution in [-0.4, -0.2) is 23.7 Å². The SMILES string of the molecule is O=C(NCC(O)Cc1ccccc1)c1ccc(Cl)c(F)c1. The van der Waals surface area contributed by atoms with Crippen molar-refractivity contribution in [1.82, 2.24) is 5.32 Å². The van der Waals surface area contributed by atoms with Crippen molar-refractivity contribution in [2.75, 3.05) is 6.54 Å². The average Bonchev–Trinajstić information content (AvgIpc) is 2.48. The van der Waals surface area contributed by atoms with Gasteiger partial charge in [-0.3, -0.25) is 4.79 Å². The molecular weight excluding hydrogens is 293 g/mol. The van der Waals surface area contributed by atoms with Crippen LogP contribution in [0.4, 0.5) is 4.39 Å². The Balaban J connectivity index is 1.87. The molecule has 0 radical (unpaired) electrons. The van der Waals surface area contributed by atoms with Crippen molar-refractivity contribution in [2.24, 2.45) is 0 Å². The summed E-state index contributed by atoms with van der Waals surface area (Å²) in [6, 6.07) is 13.3.